The second-order valence-corrected chi connectivity index (χ2v) is 6.39. The maximum Gasteiger partial charge on any atom is 0.0266 e. The number of nitrogens with two attached hydrogens (primary N) is 1. The second-order valence-electron chi connectivity index (χ2n) is 6.39. The van der Waals surface area contributed by atoms with E-state index in [1.165, 1.54) is 45.3 Å². The highest BCUT2D eigenvalue weighted by Gasteiger charge is 2.43. The smallest absolute Gasteiger partial charge is 0.0266 e. The maximum absolute atomic E-state index is 6.20. The van der Waals surface area contributed by atoms with Gasteiger partial charge in [0.15, 0.2) is 0 Å². The first-order chi connectivity index (χ1) is 8.18. The largest absolute Gasteiger partial charge is 0.327 e. The Balaban J connectivity index is 1.71. The number of piperidine rings is 1. The third-order valence-electron chi connectivity index (χ3n) is 5.68. The third-order valence-corrected chi connectivity index (χ3v) is 5.68. The highest BCUT2D eigenvalue weighted by atomic mass is 15.3. The quantitative estimate of drug-likeness (QED) is 0.746. The molecule has 3 nitrogen and oxygen atoms in total. The maximum atomic E-state index is 6.20. The number of fused-ring (bicyclic) bond motifs is 1. The predicted molar refractivity (Wildman–Crippen MR) is 70.9 cm³/mol. The van der Waals surface area contributed by atoms with Gasteiger partial charge in [0.25, 0.3) is 0 Å². The van der Waals surface area contributed by atoms with Gasteiger partial charge in [0.2, 0.25) is 0 Å². The van der Waals surface area contributed by atoms with Gasteiger partial charge in [-0.2, -0.15) is 0 Å². The summed E-state index contributed by atoms with van der Waals surface area (Å²) >= 11 is 0. The summed E-state index contributed by atoms with van der Waals surface area (Å²) < 4.78 is 0. The van der Waals surface area contributed by atoms with Crippen molar-refractivity contribution in [3.8, 4) is 0 Å². The fraction of sp³-hybridized carbons (Fsp3) is 1.00. The number of likely N-dealkylation sites (tertiary alicyclic amines) is 1. The fourth-order valence-corrected chi connectivity index (χ4v) is 4.33. The van der Waals surface area contributed by atoms with Gasteiger partial charge >= 0.3 is 0 Å². The third kappa shape index (κ3) is 1.92. The first-order valence-corrected chi connectivity index (χ1v) is 7.44. The van der Waals surface area contributed by atoms with Crippen molar-refractivity contribution in [2.75, 3.05) is 19.6 Å². The van der Waals surface area contributed by atoms with Crippen molar-refractivity contribution in [3.05, 3.63) is 0 Å². The van der Waals surface area contributed by atoms with Crippen molar-refractivity contribution < 1.29 is 0 Å². The summed E-state index contributed by atoms with van der Waals surface area (Å²) in [6.45, 7) is 8.63. The van der Waals surface area contributed by atoms with E-state index in [2.05, 4.69) is 23.6 Å². The highest BCUT2D eigenvalue weighted by molar-refractivity contribution is 5.00. The molecule has 3 saturated heterocycles. The summed E-state index contributed by atoms with van der Waals surface area (Å²) in [5.74, 6) is 0.652. The van der Waals surface area contributed by atoms with Crippen LogP contribution in [0.2, 0.25) is 0 Å². The van der Waals surface area contributed by atoms with Crippen LogP contribution in [0.15, 0.2) is 0 Å². The molecule has 0 spiro atoms. The molecular formula is C14H27N3. The molecule has 3 heterocycles. The average molecular weight is 237 g/mol. The monoisotopic (exact) mass is 237 g/mol. The SMILES string of the molecule is CC1C(N)CCN(C2CCN3CCCC23)C1C. The molecule has 98 valence electrons. The van der Waals surface area contributed by atoms with Gasteiger partial charge in [-0.3, -0.25) is 9.80 Å². The number of nitrogens with zero attached hydrogens (tertiary/aromatic N) is 2. The van der Waals surface area contributed by atoms with E-state index in [9.17, 15) is 0 Å². The number of hydrogen-bond donors (Lipinski definition) is 1. The molecule has 0 radical (unpaired) electrons. The van der Waals surface area contributed by atoms with Crippen molar-refractivity contribution >= 4 is 0 Å². The molecule has 5 unspecified atom stereocenters. The molecule has 0 aromatic heterocycles. The van der Waals surface area contributed by atoms with Crippen LogP contribution in [-0.4, -0.2) is 53.6 Å². The van der Waals surface area contributed by atoms with Crippen LogP contribution in [-0.2, 0) is 0 Å². The van der Waals surface area contributed by atoms with Gasteiger partial charge in [-0.1, -0.05) is 6.92 Å². The molecule has 0 saturated carbocycles. The van der Waals surface area contributed by atoms with Crippen LogP contribution < -0.4 is 5.73 Å². The van der Waals surface area contributed by atoms with Gasteiger partial charge in [-0.25, -0.2) is 0 Å². The highest BCUT2D eigenvalue weighted by Crippen LogP contribution is 2.35. The molecule has 0 aromatic carbocycles. The van der Waals surface area contributed by atoms with Crippen molar-refractivity contribution in [2.45, 2.75) is 63.7 Å². The summed E-state index contributed by atoms with van der Waals surface area (Å²) in [5.41, 5.74) is 6.20. The summed E-state index contributed by atoms with van der Waals surface area (Å²) in [6.07, 6.45) is 5.42. The molecule has 17 heavy (non-hydrogen) atoms. The number of rotatable bonds is 1. The fourth-order valence-electron chi connectivity index (χ4n) is 4.33. The molecule has 0 amide bonds. The minimum absolute atomic E-state index is 0.419. The van der Waals surface area contributed by atoms with Gasteiger partial charge in [-0.15, -0.1) is 0 Å². The van der Waals surface area contributed by atoms with Gasteiger partial charge in [0.1, 0.15) is 0 Å². The molecule has 5 atom stereocenters. The molecule has 0 aliphatic carbocycles. The van der Waals surface area contributed by atoms with Crippen LogP contribution in [0.25, 0.3) is 0 Å². The van der Waals surface area contributed by atoms with E-state index in [0.717, 1.165) is 12.1 Å². The van der Waals surface area contributed by atoms with E-state index in [-0.39, 0.29) is 0 Å². The lowest BCUT2D eigenvalue weighted by Crippen LogP contribution is -2.57. The van der Waals surface area contributed by atoms with Crippen LogP contribution in [0.3, 0.4) is 0 Å². The Kier molecular flexibility index (Phi) is 3.18. The Labute approximate surface area is 105 Å². The van der Waals surface area contributed by atoms with Crippen molar-refractivity contribution in [3.63, 3.8) is 0 Å². The summed E-state index contributed by atoms with van der Waals surface area (Å²) in [7, 11) is 0. The van der Waals surface area contributed by atoms with Crippen LogP contribution in [0.1, 0.15) is 39.5 Å². The van der Waals surface area contributed by atoms with Gasteiger partial charge in [0.05, 0.1) is 0 Å². The summed E-state index contributed by atoms with van der Waals surface area (Å²) in [5, 5.41) is 0. The van der Waals surface area contributed by atoms with Crippen LogP contribution in [0.4, 0.5) is 0 Å². The Bertz CT molecular complexity index is 281. The van der Waals surface area contributed by atoms with E-state index >= 15 is 0 Å². The van der Waals surface area contributed by atoms with Crippen LogP contribution in [0, 0.1) is 5.92 Å². The zero-order chi connectivity index (χ0) is 12.0. The van der Waals surface area contributed by atoms with Gasteiger partial charge in [-0.05, 0) is 45.1 Å². The molecule has 0 aromatic rings. The van der Waals surface area contributed by atoms with E-state index in [1.54, 1.807) is 0 Å². The molecule has 2 N–H and O–H groups in total. The Hall–Kier alpha value is -0.120. The molecule has 3 rings (SSSR count). The average Bonchev–Trinajstić information content (AvgIpc) is 2.89. The van der Waals surface area contributed by atoms with E-state index in [4.69, 9.17) is 5.73 Å². The van der Waals surface area contributed by atoms with Crippen molar-refractivity contribution in [1.82, 2.24) is 9.80 Å². The Morgan fingerprint density at radius 3 is 2.59 bits per heavy atom. The topological polar surface area (TPSA) is 32.5 Å². The van der Waals surface area contributed by atoms with E-state index < -0.39 is 0 Å². The van der Waals surface area contributed by atoms with E-state index in [0.29, 0.717) is 18.0 Å². The van der Waals surface area contributed by atoms with Gasteiger partial charge < -0.3 is 5.73 Å². The zero-order valence-corrected chi connectivity index (χ0v) is 11.3. The predicted octanol–water partition coefficient (Wildman–Crippen LogP) is 1.28. The molecule has 0 bridgehead atoms. The number of hydrogen-bond acceptors (Lipinski definition) is 3. The summed E-state index contributed by atoms with van der Waals surface area (Å²) in [4.78, 5) is 5.50. The Morgan fingerprint density at radius 2 is 1.76 bits per heavy atom. The van der Waals surface area contributed by atoms with Gasteiger partial charge in [0, 0.05) is 37.3 Å². The van der Waals surface area contributed by atoms with Crippen LogP contribution in [0.5, 0.6) is 0 Å². The molecule has 3 aliphatic heterocycles. The zero-order valence-electron chi connectivity index (χ0n) is 11.3. The van der Waals surface area contributed by atoms with Crippen molar-refractivity contribution in [2.24, 2.45) is 11.7 Å². The van der Waals surface area contributed by atoms with Crippen LogP contribution >= 0.6 is 0 Å². The molecule has 3 aliphatic rings. The lowest BCUT2D eigenvalue weighted by atomic mass is 9.85. The molecule has 3 fully saturated rings. The first-order valence-electron chi connectivity index (χ1n) is 7.44. The lowest BCUT2D eigenvalue weighted by molar-refractivity contribution is 0.0444. The molecular weight excluding hydrogens is 210 g/mol. The normalized spacial score (nSPS) is 48.5. The standard InChI is InChI=1S/C14H27N3/c1-10-11(2)17(9-5-12(10)15)14-6-8-16-7-3-4-13(14)16/h10-14H,3-9,15H2,1-2H3. The lowest BCUT2D eigenvalue weighted by Gasteiger charge is -2.46. The van der Waals surface area contributed by atoms with E-state index in [1.807, 2.05) is 0 Å². The second kappa shape index (κ2) is 4.52. The Morgan fingerprint density at radius 1 is 0.941 bits per heavy atom. The molecule has 3 heteroatoms. The minimum atomic E-state index is 0.419. The first kappa shape index (κ1) is 11.9. The van der Waals surface area contributed by atoms with Crippen molar-refractivity contribution in [1.29, 1.82) is 0 Å². The minimum Gasteiger partial charge on any atom is -0.327 e. The summed E-state index contributed by atoms with van der Waals surface area (Å²) in [6, 6.07) is 2.77.